The van der Waals surface area contributed by atoms with Crippen molar-refractivity contribution in [1.82, 2.24) is 4.98 Å². The van der Waals surface area contributed by atoms with Gasteiger partial charge in [0.25, 0.3) is 0 Å². The molecule has 0 aliphatic rings. The van der Waals surface area contributed by atoms with Gasteiger partial charge in [-0.15, -0.1) is 0 Å². The van der Waals surface area contributed by atoms with Gasteiger partial charge in [0.05, 0.1) is 0 Å². The van der Waals surface area contributed by atoms with E-state index in [1.165, 1.54) is 26.4 Å². The van der Waals surface area contributed by atoms with E-state index in [0.29, 0.717) is 17.1 Å². The Morgan fingerprint density at radius 2 is 1.74 bits per heavy atom. The van der Waals surface area contributed by atoms with Crippen molar-refractivity contribution in [2.75, 3.05) is 19.5 Å². The van der Waals surface area contributed by atoms with Crippen LogP contribution in [0, 0.1) is 5.82 Å². The lowest BCUT2D eigenvalue weighted by molar-refractivity contribution is 0.286. The van der Waals surface area contributed by atoms with Gasteiger partial charge in [-0.25, -0.2) is 4.39 Å². The summed E-state index contributed by atoms with van der Waals surface area (Å²) in [4.78, 5) is 4.30. The van der Waals surface area contributed by atoms with Gasteiger partial charge in [0.2, 0.25) is 17.2 Å². The lowest BCUT2D eigenvalue weighted by Crippen LogP contribution is -2.14. The number of nitrogens with one attached hydrogen (secondary N) is 1. The average Bonchev–Trinajstić information content (AvgIpc) is 3.12. The number of hydrogen-bond donors (Lipinski definition) is 1. The molecule has 0 unspecified atom stereocenters. The Morgan fingerprint density at radius 3 is 2.33 bits per heavy atom. The smallest absolute Gasteiger partial charge is 0.384 e. The molecule has 1 aromatic heterocycles. The minimum Gasteiger partial charge on any atom is -0.420 e. The molecule has 0 saturated carbocycles. The Hall–Kier alpha value is -2.18. The topological polar surface area (TPSA) is 73.6 Å². The summed E-state index contributed by atoms with van der Waals surface area (Å²) in [5, 5.41) is 3.58. The molecule has 0 radical (unpaired) electrons. The summed E-state index contributed by atoms with van der Waals surface area (Å²) in [6.07, 6.45) is 0. The first-order chi connectivity index (χ1) is 12.9. The number of halogens is 2. The predicted octanol–water partition coefficient (Wildman–Crippen LogP) is 4.86. The zero-order valence-electron chi connectivity index (χ0n) is 14.6. The van der Waals surface area contributed by atoms with Crippen LogP contribution >= 0.6 is 19.2 Å². The van der Waals surface area contributed by atoms with Crippen LogP contribution in [0.5, 0.6) is 0 Å². The largest absolute Gasteiger partial charge is 0.420 e. The van der Waals surface area contributed by atoms with Gasteiger partial charge in [-0.05, 0) is 42.0 Å². The molecule has 0 spiro atoms. The molecule has 6 nitrogen and oxygen atoms in total. The van der Waals surface area contributed by atoms with Crippen molar-refractivity contribution in [3.05, 3.63) is 64.9 Å². The second kappa shape index (κ2) is 8.23. The van der Waals surface area contributed by atoms with Gasteiger partial charge in [0, 0.05) is 31.4 Å². The monoisotopic (exact) mass is 410 g/mol. The van der Waals surface area contributed by atoms with Gasteiger partial charge in [0.15, 0.2) is 0 Å². The van der Waals surface area contributed by atoms with Gasteiger partial charge in [-0.3, -0.25) is 4.57 Å². The highest BCUT2D eigenvalue weighted by molar-refractivity contribution is 7.62. The summed E-state index contributed by atoms with van der Waals surface area (Å²) in [6.45, 7) is 0.302. The van der Waals surface area contributed by atoms with E-state index >= 15 is 0 Å². The van der Waals surface area contributed by atoms with Gasteiger partial charge in [-0.2, -0.15) is 4.98 Å². The van der Waals surface area contributed by atoms with Gasteiger partial charge >= 0.3 is 7.60 Å². The molecule has 0 saturated heterocycles. The second-order valence-corrected chi connectivity index (χ2v) is 8.11. The standard InChI is InChI=1S/C18H17ClFN2O4P/c1-24-27(23,25-2)18-17(21-11-12-3-9-15(20)10-4-12)26-16(22-18)13-5-7-14(19)8-6-13/h3-10,21H,11H2,1-2H3. The van der Waals surface area contributed by atoms with Gasteiger partial charge < -0.3 is 18.8 Å². The molecule has 27 heavy (non-hydrogen) atoms. The number of nitrogens with zero attached hydrogens (tertiary/aromatic N) is 1. The average molecular weight is 411 g/mol. The van der Waals surface area contributed by atoms with E-state index in [1.54, 1.807) is 36.4 Å². The predicted molar refractivity (Wildman–Crippen MR) is 102 cm³/mol. The van der Waals surface area contributed by atoms with Crippen molar-refractivity contribution in [3.63, 3.8) is 0 Å². The van der Waals surface area contributed by atoms with Crippen LogP contribution in [0.1, 0.15) is 5.56 Å². The molecule has 9 heteroatoms. The first-order valence-electron chi connectivity index (χ1n) is 7.92. The molecular formula is C18H17ClFN2O4P. The van der Waals surface area contributed by atoms with Crippen LogP contribution in [-0.4, -0.2) is 19.2 Å². The molecule has 0 amide bonds. The molecule has 0 bridgehead atoms. The minimum absolute atomic E-state index is 0.0274. The number of aromatic nitrogens is 1. The molecule has 2 aromatic carbocycles. The second-order valence-electron chi connectivity index (χ2n) is 5.52. The lowest BCUT2D eigenvalue weighted by Gasteiger charge is -2.12. The van der Waals surface area contributed by atoms with E-state index in [-0.39, 0.29) is 23.0 Å². The van der Waals surface area contributed by atoms with Crippen molar-refractivity contribution < 1.29 is 22.4 Å². The zero-order chi connectivity index (χ0) is 19.4. The lowest BCUT2D eigenvalue weighted by atomic mass is 10.2. The molecule has 3 rings (SSSR count). The molecule has 142 valence electrons. The van der Waals surface area contributed by atoms with Crippen LogP contribution in [0.4, 0.5) is 10.3 Å². The number of benzene rings is 2. The molecular weight excluding hydrogens is 394 g/mol. The maximum atomic E-state index is 13.1. The van der Waals surface area contributed by atoms with Crippen molar-refractivity contribution in [2.45, 2.75) is 6.54 Å². The highest BCUT2D eigenvalue weighted by Crippen LogP contribution is 2.47. The van der Waals surface area contributed by atoms with Crippen LogP contribution in [0.2, 0.25) is 5.02 Å². The van der Waals surface area contributed by atoms with Crippen molar-refractivity contribution in [3.8, 4) is 11.5 Å². The fraction of sp³-hybridized carbons (Fsp3) is 0.167. The Morgan fingerprint density at radius 1 is 1.11 bits per heavy atom. The summed E-state index contributed by atoms with van der Waals surface area (Å²) in [7, 11) is -1.13. The number of anilines is 1. The maximum absolute atomic E-state index is 13.1. The molecule has 0 atom stereocenters. The Labute approximate surface area is 160 Å². The third kappa shape index (κ3) is 4.39. The van der Waals surface area contributed by atoms with E-state index in [4.69, 9.17) is 25.1 Å². The van der Waals surface area contributed by atoms with Crippen LogP contribution in [0.3, 0.4) is 0 Å². The van der Waals surface area contributed by atoms with Crippen molar-refractivity contribution >= 4 is 30.5 Å². The SMILES string of the molecule is COP(=O)(OC)c1nc(-c2ccc(Cl)cc2)oc1NCc1ccc(F)cc1. The van der Waals surface area contributed by atoms with E-state index < -0.39 is 7.60 Å². The van der Waals surface area contributed by atoms with Crippen LogP contribution in [-0.2, 0) is 20.2 Å². The van der Waals surface area contributed by atoms with E-state index in [2.05, 4.69) is 10.3 Å². The minimum atomic E-state index is -3.66. The molecule has 0 aliphatic carbocycles. The summed E-state index contributed by atoms with van der Waals surface area (Å²) in [5.41, 5.74) is 1.48. The first kappa shape index (κ1) is 19.6. The summed E-state index contributed by atoms with van der Waals surface area (Å²) >= 11 is 5.91. The number of rotatable bonds is 7. The Bertz CT molecular complexity index is 952. The molecule has 0 fully saturated rings. The fourth-order valence-corrected chi connectivity index (χ4v) is 3.57. The van der Waals surface area contributed by atoms with Gasteiger partial charge in [0.1, 0.15) is 5.82 Å². The maximum Gasteiger partial charge on any atom is 0.384 e. The van der Waals surface area contributed by atoms with E-state index in [0.717, 1.165) is 5.56 Å². The van der Waals surface area contributed by atoms with Crippen molar-refractivity contribution in [2.24, 2.45) is 0 Å². The first-order valence-corrected chi connectivity index (χ1v) is 9.84. The van der Waals surface area contributed by atoms with Crippen molar-refractivity contribution in [1.29, 1.82) is 0 Å². The number of hydrogen-bond acceptors (Lipinski definition) is 6. The van der Waals surface area contributed by atoms with Crippen LogP contribution in [0.15, 0.2) is 52.9 Å². The fourth-order valence-electron chi connectivity index (χ4n) is 2.36. The quantitative estimate of drug-likeness (QED) is 0.561. The number of oxazole rings is 1. The third-order valence-electron chi connectivity index (χ3n) is 3.81. The molecule has 1 heterocycles. The van der Waals surface area contributed by atoms with Crippen LogP contribution < -0.4 is 10.8 Å². The normalized spacial score (nSPS) is 11.6. The zero-order valence-corrected chi connectivity index (χ0v) is 16.3. The highest BCUT2D eigenvalue weighted by Gasteiger charge is 2.34. The van der Waals surface area contributed by atoms with Gasteiger partial charge in [-0.1, -0.05) is 23.7 Å². The third-order valence-corrected chi connectivity index (χ3v) is 5.84. The summed E-state index contributed by atoms with van der Waals surface area (Å²) in [5.74, 6) is 0.0568. The molecule has 3 aromatic rings. The summed E-state index contributed by atoms with van der Waals surface area (Å²) in [6, 6.07) is 12.8. The van der Waals surface area contributed by atoms with E-state index in [9.17, 15) is 8.96 Å². The summed E-state index contributed by atoms with van der Waals surface area (Å²) < 4.78 is 41.8. The molecule has 1 N–H and O–H groups in total. The Kier molecular flexibility index (Phi) is 5.97. The highest BCUT2D eigenvalue weighted by atomic mass is 35.5. The van der Waals surface area contributed by atoms with E-state index in [1.807, 2.05) is 0 Å². The van der Waals surface area contributed by atoms with Crippen LogP contribution in [0.25, 0.3) is 11.5 Å². The Balaban J connectivity index is 1.95. The molecule has 0 aliphatic heterocycles.